The van der Waals surface area contributed by atoms with Crippen LogP contribution in [0, 0.1) is 6.92 Å². The van der Waals surface area contributed by atoms with Crippen molar-refractivity contribution in [3.05, 3.63) is 90.1 Å². The summed E-state index contributed by atoms with van der Waals surface area (Å²) in [6.45, 7) is 4.38. The largest absolute Gasteiger partial charge is 0.492 e. The van der Waals surface area contributed by atoms with Gasteiger partial charge in [0.05, 0.1) is 17.9 Å². The van der Waals surface area contributed by atoms with Gasteiger partial charge in [0.25, 0.3) is 0 Å². The Hall–Kier alpha value is -3.96. The Morgan fingerprint density at radius 2 is 1.74 bits per heavy atom. The first-order chi connectivity index (χ1) is 20.4. The van der Waals surface area contributed by atoms with Crippen molar-refractivity contribution in [3.8, 4) is 17.1 Å². The Balaban J connectivity index is 1.36. The summed E-state index contributed by atoms with van der Waals surface area (Å²) in [6.07, 6.45) is 5.86. The fourth-order valence-electron chi connectivity index (χ4n) is 5.15. The van der Waals surface area contributed by atoms with Gasteiger partial charge in [0, 0.05) is 56.7 Å². The molecule has 0 fully saturated rings. The molecule has 11 heteroatoms. The van der Waals surface area contributed by atoms with Gasteiger partial charge in [0.2, 0.25) is 15.9 Å². The molecule has 0 atom stereocenters. The fraction of sp³-hybridized carbons (Fsp3) is 0.387. The zero-order valence-electron chi connectivity index (χ0n) is 23.9. The molecule has 2 aromatic carbocycles. The highest BCUT2D eigenvalue weighted by Gasteiger charge is 2.23. The lowest BCUT2D eigenvalue weighted by molar-refractivity contribution is -0.131. The van der Waals surface area contributed by atoms with E-state index < -0.39 is 10.0 Å². The van der Waals surface area contributed by atoms with Crippen LogP contribution in [0.4, 0.5) is 0 Å². The van der Waals surface area contributed by atoms with Crippen molar-refractivity contribution in [2.45, 2.75) is 44.9 Å². The fourth-order valence-corrected chi connectivity index (χ4v) is 6.71. The van der Waals surface area contributed by atoms with Gasteiger partial charge in [-0.05, 0) is 43.9 Å². The molecule has 2 aromatic heterocycles. The van der Waals surface area contributed by atoms with Crippen LogP contribution < -0.4 is 4.74 Å². The standard InChI is InChI=1S/C31H37N5O5S/c1-25-21-29(41-33-25)23-30(37)34-14-5-6-17-36(42(38,39)24-26-9-3-2-4-10-26)19-20-40-28-12-7-11-27(22-28)31-32-13-18-35(31)16-8-15-34/h2-4,7,9-13,18,21-22H,5-6,8,14-17,19-20,23-24H2,1H3. The molecular formula is C31H37N5O5S. The number of rotatable bonds is 5. The molecule has 1 amide bonds. The highest BCUT2D eigenvalue weighted by atomic mass is 32.2. The third kappa shape index (κ3) is 7.86. The van der Waals surface area contributed by atoms with Crippen molar-refractivity contribution in [1.29, 1.82) is 0 Å². The summed E-state index contributed by atoms with van der Waals surface area (Å²) in [4.78, 5) is 19.7. The number of imidazole rings is 1. The van der Waals surface area contributed by atoms with Gasteiger partial charge in [-0.1, -0.05) is 47.6 Å². The first-order valence-corrected chi connectivity index (χ1v) is 15.9. The molecule has 42 heavy (non-hydrogen) atoms. The summed E-state index contributed by atoms with van der Waals surface area (Å²) in [5, 5.41) is 3.90. The lowest BCUT2D eigenvalue weighted by Gasteiger charge is -2.25. The first-order valence-electron chi connectivity index (χ1n) is 14.3. The number of hydrogen-bond donors (Lipinski definition) is 0. The topological polar surface area (TPSA) is 111 Å². The third-order valence-electron chi connectivity index (χ3n) is 7.27. The summed E-state index contributed by atoms with van der Waals surface area (Å²) < 4.78 is 41.9. The molecule has 5 rings (SSSR count). The highest BCUT2D eigenvalue weighted by Crippen LogP contribution is 2.23. The minimum atomic E-state index is -3.59. The van der Waals surface area contributed by atoms with Crippen LogP contribution in [0.1, 0.15) is 36.3 Å². The van der Waals surface area contributed by atoms with Gasteiger partial charge in [-0.3, -0.25) is 4.79 Å². The molecule has 2 bridgehead atoms. The summed E-state index contributed by atoms with van der Waals surface area (Å²) >= 11 is 0. The Bertz CT molecular complexity index is 1570. The molecular weight excluding hydrogens is 554 g/mol. The molecule has 0 radical (unpaired) electrons. The van der Waals surface area contributed by atoms with E-state index in [1.807, 2.05) is 72.6 Å². The number of sulfonamides is 1. The number of fused-ring (bicyclic) bond motifs is 4. The van der Waals surface area contributed by atoms with Crippen molar-refractivity contribution in [1.82, 2.24) is 23.9 Å². The number of nitrogens with zero attached hydrogens (tertiary/aromatic N) is 5. The summed E-state index contributed by atoms with van der Waals surface area (Å²) in [5.41, 5.74) is 2.38. The van der Waals surface area contributed by atoms with Crippen LogP contribution >= 0.6 is 0 Å². The third-order valence-corrected chi connectivity index (χ3v) is 9.12. The van der Waals surface area contributed by atoms with Crippen molar-refractivity contribution >= 4 is 15.9 Å². The number of amides is 1. The van der Waals surface area contributed by atoms with Gasteiger partial charge in [-0.2, -0.15) is 4.31 Å². The molecule has 0 saturated carbocycles. The minimum Gasteiger partial charge on any atom is -0.492 e. The van der Waals surface area contributed by atoms with E-state index in [1.54, 1.807) is 12.3 Å². The molecule has 0 N–H and O–H groups in total. The zero-order valence-corrected chi connectivity index (χ0v) is 24.7. The van der Waals surface area contributed by atoms with Crippen LogP contribution in [0.25, 0.3) is 11.4 Å². The average Bonchev–Trinajstić information content (AvgIpc) is 3.61. The molecule has 0 aliphatic carbocycles. The van der Waals surface area contributed by atoms with Crippen LogP contribution in [-0.2, 0) is 33.5 Å². The molecule has 3 heterocycles. The predicted octanol–water partition coefficient (Wildman–Crippen LogP) is 4.31. The number of carbonyl (C=O) groups excluding carboxylic acids is 1. The normalized spacial score (nSPS) is 15.9. The van der Waals surface area contributed by atoms with E-state index in [0.29, 0.717) is 50.5 Å². The lowest BCUT2D eigenvalue weighted by Crippen LogP contribution is -2.37. The molecule has 1 aliphatic heterocycles. The quantitative estimate of drug-likeness (QED) is 0.340. The van der Waals surface area contributed by atoms with Crippen molar-refractivity contribution in [3.63, 3.8) is 0 Å². The molecule has 222 valence electrons. The van der Waals surface area contributed by atoms with E-state index in [2.05, 4.69) is 14.7 Å². The van der Waals surface area contributed by atoms with Crippen LogP contribution in [0.5, 0.6) is 5.75 Å². The smallest absolute Gasteiger partial charge is 0.230 e. The van der Waals surface area contributed by atoms with Crippen LogP contribution in [0.15, 0.2) is 77.6 Å². The SMILES string of the molecule is Cc1cc(CC(=O)N2CCCCN(S(=O)(=O)Cc3ccccc3)CCOc3cccc(c3)-c3nccn3CCC2)on1. The van der Waals surface area contributed by atoms with E-state index >= 15 is 0 Å². The Labute approximate surface area is 247 Å². The van der Waals surface area contributed by atoms with Gasteiger partial charge in [0.1, 0.15) is 23.9 Å². The maximum absolute atomic E-state index is 13.5. The number of ether oxygens (including phenoxy) is 1. The second kappa shape index (κ2) is 13.8. The van der Waals surface area contributed by atoms with Crippen molar-refractivity contribution in [2.24, 2.45) is 0 Å². The molecule has 4 aromatic rings. The number of carbonyl (C=O) groups is 1. The van der Waals surface area contributed by atoms with Gasteiger partial charge < -0.3 is 18.7 Å². The van der Waals surface area contributed by atoms with E-state index in [9.17, 15) is 13.2 Å². The summed E-state index contributed by atoms with van der Waals surface area (Å²) in [7, 11) is -3.59. The van der Waals surface area contributed by atoms with Gasteiger partial charge in [0.15, 0.2) is 0 Å². The Morgan fingerprint density at radius 3 is 2.55 bits per heavy atom. The van der Waals surface area contributed by atoms with Crippen LogP contribution in [-0.4, -0.2) is 71.0 Å². The second-order valence-electron chi connectivity index (χ2n) is 10.5. The number of aromatic nitrogens is 3. The second-order valence-corrected chi connectivity index (χ2v) is 12.5. The van der Waals surface area contributed by atoms with E-state index in [-0.39, 0.29) is 31.2 Å². The van der Waals surface area contributed by atoms with Crippen LogP contribution in [0.2, 0.25) is 0 Å². The molecule has 0 unspecified atom stereocenters. The summed E-state index contributed by atoms with van der Waals surface area (Å²) in [5.74, 6) is 1.89. The molecule has 0 spiro atoms. The van der Waals surface area contributed by atoms with Crippen LogP contribution in [0.3, 0.4) is 0 Å². The maximum atomic E-state index is 13.5. The average molecular weight is 592 g/mol. The van der Waals surface area contributed by atoms with Crippen molar-refractivity contribution < 1.29 is 22.5 Å². The minimum absolute atomic E-state index is 0.0374. The first kappa shape index (κ1) is 29.5. The van der Waals surface area contributed by atoms with Crippen molar-refractivity contribution in [2.75, 3.05) is 32.8 Å². The molecule has 1 aliphatic rings. The van der Waals surface area contributed by atoms with E-state index in [0.717, 1.165) is 29.1 Å². The highest BCUT2D eigenvalue weighted by molar-refractivity contribution is 7.88. The number of aryl methyl sites for hydroxylation is 2. The lowest BCUT2D eigenvalue weighted by atomic mass is 10.2. The number of hydrogen-bond acceptors (Lipinski definition) is 7. The van der Waals surface area contributed by atoms with E-state index in [4.69, 9.17) is 9.26 Å². The van der Waals surface area contributed by atoms with E-state index in [1.165, 1.54) is 4.31 Å². The Kier molecular flexibility index (Phi) is 9.70. The zero-order chi connectivity index (χ0) is 29.4. The molecule has 0 saturated heterocycles. The summed E-state index contributed by atoms with van der Waals surface area (Å²) in [6, 6.07) is 18.7. The number of benzene rings is 2. The van der Waals surface area contributed by atoms with Gasteiger partial charge in [-0.15, -0.1) is 0 Å². The maximum Gasteiger partial charge on any atom is 0.230 e. The van der Waals surface area contributed by atoms with Gasteiger partial charge in [-0.25, -0.2) is 13.4 Å². The van der Waals surface area contributed by atoms with Gasteiger partial charge >= 0.3 is 0 Å². The monoisotopic (exact) mass is 591 g/mol. The molecule has 10 nitrogen and oxygen atoms in total. The predicted molar refractivity (Wildman–Crippen MR) is 159 cm³/mol. The Morgan fingerprint density at radius 1 is 0.929 bits per heavy atom.